The van der Waals surface area contributed by atoms with Crippen LogP contribution < -0.4 is 5.32 Å². The molecule has 21 heavy (non-hydrogen) atoms. The molecule has 0 aliphatic carbocycles. The van der Waals surface area contributed by atoms with E-state index in [1.165, 1.54) is 12.1 Å². The second-order valence-electron chi connectivity index (χ2n) is 4.34. The highest BCUT2D eigenvalue weighted by atomic mass is 19.4. The number of aryl methyl sites for hydroxylation is 1. The van der Waals surface area contributed by atoms with E-state index < -0.39 is 17.7 Å². The molecule has 1 heterocycles. The number of nitrogens with zero attached hydrogens (tertiary/aromatic N) is 2. The Bertz CT molecular complexity index is 697. The molecule has 0 fully saturated rings. The third-order valence-electron chi connectivity index (χ3n) is 2.61. The van der Waals surface area contributed by atoms with Gasteiger partial charge in [0.1, 0.15) is 23.4 Å². The summed E-state index contributed by atoms with van der Waals surface area (Å²) in [5, 5.41) is 11.5. The molecule has 2 aromatic rings. The molecule has 1 aromatic heterocycles. The van der Waals surface area contributed by atoms with Crippen molar-refractivity contribution in [3.8, 4) is 6.07 Å². The van der Waals surface area contributed by atoms with Crippen molar-refractivity contribution in [3.05, 3.63) is 53.0 Å². The molecule has 0 unspecified atom stereocenters. The van der Waals surface area contributed by atoms with Gasteiger partial charge in [-0.25, -0.2) is 9.37 Å². The van der Waals surface area contributed by atoms with Gasteiger partial charge >= 0.3 is 6.18 Å². The Morgan fingerprint density at radius 1 is 1.19 bits per heavy atom. The number of benzene rings is 1. The number of hydrogen-bond acceptors (Lipinski definition) is 3. The van der Waals surface area contributed by atoms with E-state index in [0.29, 0.717) is 5.56 Å². The lowest BCUT2D eigenvalue weighted by Gasteiger charge is -2.11. The predicted molar refractivity (Wildman–Crippen MR) is 68.4 cm³/mol. The first kappa shape index (κ1) is 14.8. The summed E-state index contributed by atoms with van der Waals surface area (Å²) in [6.07, 6.45) is -4.62. The summed E-state index contributed by atoms with van der Waals surface area (Å²) in [5.74, 6) is -0.805. The van der Waals surface area contributed by atoms with Crippen LogP contribution in [-0.4, -0.2) is 4.98 Å². The monoisotopic (exact) mass is 295 g/mol. The molecule has 0 atom stereocenters. The number of anilines is 2. The summed E-state index contributed by atoms with van der Waals surface area (Å²) in [5.41, 5.74) is -0.388. The average molecular weight is 295 g/mol. The molecule has 1 aromatic carbocycles. The molecular weight excluding hydrogens is 286 g/mol. The number of hydrogen-bond donors (Lipinski definition) is 1. The highest BCUT2D eigenvalue weighted by Gasteiger charge is 2.33. The van der Waals surface area contributed by atoms with Crippen LogP contribution in [-0.2, 0) is 6.18 Å². The van der Waals surface area contributed by atoms with Crippen LogP contribution in [0.4, 0.5) is 29.1 Å². The van der Waals surface area contributed by atoms with Crippen LogP contribution in [0, 0.1) is 24.1 Å². The molecule has 7 heteroatoms. The van der Waals surface area contributed by atoms with Gasteiger partial charge in [0.05, 0.1) is 5.56 Å². The maximum absolute atomic E-state index is 13.3. The summed E-state index contributed by atoms with van der Waals surface area (Å²) < 4.78 is 51.2. The highest BCUT2D eigenvalue weighted by molar-refractivity contribution is 5.63. The minimum Gasteiger partial charge on any atom is -0.339 e. The number of nitriles is 1. The standard InChI is InChI=1S/C14H9F4N3/c1-8-4-10(15)6-11(5-8)20-13-9(7-19)2-3-12(21-13)14(16,17)18/h2-6H,1H3,(H,20,21). The number of alkyl halides is 3. The van der Waals surface area contributed by atoms with Gasteiger partial charge in [0.2, 0.25) is 0 Å². The van der Waals surface area contributed by atoms with Crippen molar-refractivity contribution in [3.63, 3.8) is 0 Å². The zero-order valence-corrected chi connectivity index (χ0v) is 10.8. The molecule has 3 nitrogen and oxygen atoms in total. The zero-order valence-electron chi connectivity index (χ0n) is 10.8. The Balaban J connectivity index is 2.45. The van der Waals surface area contributed by atoms with Crippen molar-refractivity contribution in [2.24, 2.45) is 0 Å². The smallest absolute Gasteiger partial charge is 0.339 e. The van der Waals surface area contributed by atoms with Crippen molar-refractivity contribution in [1.82, 2.24) is 4.98 Å². The third kappa shape index (κ3) is 3.48. The average Bonchev–Trinajstić information content (AvgIpc) is 2.36. The second kappa shape index (κ2) is 5.40. The molecule has 0 bridgehead atoms. The predicted octanol–water partition coefficient (Wildman–Crippen LogP) is 4.16. The molecule has 0 saturated heterocycles. The fraction of sp³-hybridized carbons (Fsp3) is 0.143. The van der Waals surface area contributed by atoms with Gasteiger partial charge in [0.25, 0.3) is 0 Å². The van der Waals surface area contributed by atoms with Crippen LogP contribution in [0.3, 0.4) is 0 Å². The lowest BCUT2D eigenvalue weighted by molar-refractivity contribution is -0.141. The van der Waals surface area contributed by atoms with Crippen LogP contribution in [0.5, 0.6) is 0 Å². The van der Waals surface area contributed by atoms with Gasteiger partial charge in [0.15, 0.2) is 0 Å². The van der Waals surface area contributed by atoms with Crippen LogP contribution in [0.25, 0.3) is 0 Å². The largest absolute Gasteiger partial charge is 0.433 e. The van der Waals surface area contributed by atoms with E-state index in [1.54, 1.807) is 13.0 Å². The summed E-state index contributed by atoms with van der Waals surface area (Å²) in [4.78, 5) is 3.39. The SMILES string of the molecule is Cc1cc(F)cc(Nc2nc(C(F)(F)F)ccc2C#N)c1. The summed E-state index contributed by atoms with van der Waals surface area (Å²) >= 11 is 0. The second-order valence-corrected chi connectivity index (χ2v) is 4.34. The van der Waals surface area contributed by atoms with Crippen molar-refractivity contribution < 1.29 is 17.6 Å². The van der Waals surface area contributed by atoms with Gasteiger partial charge in [-0.2, -0.15) is 18.4 Å². The number of rotatable bonds is 2. The number of nitrogens with one attached hydrogen (secondary N) is 1. The van der Waals surface area contributed by atoms with Crippen LogP contribution in [0.15, 0.2) is 30.3 Å². The Hall–Kier alpha value is -2.62. The van der Waals surface area contributed by atoms with Gasteiger partial charge < -0.3 is 5.32 Å². The van der Waals surface area contributed by atoms with Gasteiger partial charge in [-0.3, -0.25) is 0 Å². The maximum atomic E-state index is 13.3. The Kier molecular flexibility index (Phi) is 3.80. The first-order chi connectivity index (χ1) is 9.79. The van der Waals surface area contributed by atoms with Crippen LogP contribution >= 0.6 is 0 Å². The van der Waals surface area contributed by atoms with Crippen LogP contribution in [0.2, 0.25) is 0 Å². The zero-order chi connectivity index (χ0) is 15.6. The lowest BCUT2D eigenvalue weighted by Crippen LogP contribution is -2.10. The minimum atomic E-state index is -4.62. The van der Waals surface area contributed by atoms with Gasteiger partial charge in [-0.15, -0.1) is 0 Å². The lowest BCUT2D eigenvalue weighted by atomic mass is 10.2. The van der Waals surface area contributed by atoms with Crippen molar-refractivity contribution >= 4 is 11.5 Å². The molecule has 0 saturated carbocycles. The molecular formula is C14H9F4N3. The molecule has 0 aliphatic rings. The molecule has 0 spiro atoms. The number of pyridine rings is 1. The highest BCUT2D eigenvalue weighted by Crippen LogP contribution is 2.30. The number of halogens is 4. The maximum Gasteiger partial charge on any atom is 0.433 e. The van der Waals surface area contributed by atoms with E-state index in [0.717, 1.165) is 18.2 Å². The van der Waals surface area contributed by atoms with Crippen LogP contribution in [0.1, 0.15) is 16.8 Å². The summed E-state index contributed by atoms with van der Waals surface area (Å²) in [6, 6.07) is 7.39. The van der Waals surface area contributed by atoms with Gasteiger partial charge in [-0.05, 0) is 42.8 Å². The number of aromatic nitrogens is 1. The first-order valence-corrected chi connectivity index (χ1v) is 5.82. The van der Waals surface area contributed by atoms with E-state index in [2.05, 4.69) is 10.3 Å². The molecule has 0 radical (unpaired) electrons. The van der Waals surface area contributed by atoms with E-state index in [9.17, 15) is 17.6 Å². The fourth-order valence-corrected chi connectivity index (χ4v) is 1.75. The third-order valence-corrected chi connectivity index (χ3v) is 2.61. The Morgan fingerprint density at radius 2 is 1.90 bits per heavy atom. The van der Waals surface area contributed by atoms with E-state index in [1.807, 2.05) is 0 Å². The van der Waals surface area contributed by atoms with E-state index in [-0.39, 0.29) is 17.1 Å². The van der Waals surface area contributed by atoms with Crippen molar-refractivity contribution in [2.75, 3.05) is 5.32 Å². The minimum absolute atomic E-state index is 0.0649. The first-order valence-electron chi connectivity index (χ1n) is 5.82. The fourth-order valence-electron chi connectivity index (χ4n) is 1.75. The molecule has 0 aliphatic heterocycles. The van der Waals surface area contributed by atoms with Crippen molar-refractivity contribution in [1.29, 1.82) is 5.26 Å². The van der Waals surface area contributed by atoms with Gasteiger partial charge in [0, 0.05) is 5.69 Å². The van der Waals surface area contributed by atoms with E-state index >= 15 is 0 Å². The normalized spacial score (nSPS) is 11.0. The topological polar surface area (TPSA) is 48.7 Å². The molecule has 2 rings (SSSR count). The molecule has 0 amide bonds. The summed E-state index contributed by atoms with van der Waals surface area (Å²) in [7, 11) is 0. The summed E-state index contributed by atoms with van der Waals surface area (Å²) in [6.45, 7) is 1.64. The van der Waals surface area contributed by atoms with E-state index in [4.69, 9.17) is 5.26 Å². The molecule has 108 valence electrons. The Morgan fingerprint density at radius 3 is 2.48 bits per heavy atom. The van der Waals surface area contributed by atoms with Crippen molar-refractivity contribution in [2.45, 2.75) is 13.1 Å². The van der Waals surface area contributed by atoms with Gasteiger partial charge in [-0.1, -0.05) is 0 Å². The Labute approximate surface area is 117 Å². The quantitative estimate of drug-likeness (QED) is 0.846. The molecule has 1 N–H and O–H groups in total.